The van der Waals surface area contributed by atoms with Crippen LogP contribution in [0.2, 0.25) is 0 Å². The first-order chi connectivity index (χ1) is 8.27. The molecule has 0 aromatic heterocycles. The van der Waals surface area contributed by atoms with Gasteiger partial charge in [-0.15, -0.1) is 0 Å². The van der Waals surface area contributed by atoms with Gasteiger partial charge in [-0.25, -0.2) is 4.39 Å². The van der Waals surface area contributed by atoms with E-state index in [4.69, 9.17) is 4.74 Å². The molecule has 1 N–H and O–H groups in total. The Bertz CT molecular complexity index is 300. The van der Waals surface area contributed by atoms with Crippen molar-refractivity contribution in [3.05, 3.63) is 35.6 Å². The van der Waals surface area contributed by atoms with E-state index in [9.17, 15) is 4.39 Å². The highest BCUT2D eigenvalue weighted by atomic mass is 19.1. The lowest BCUT2D eigenvalue weighted by Gasteiger charge is -2.17. The van der Waals surface area contributed by atoms with Crippen LogP contribution in [0.5, 0.6) is 0 Å². The molecule has 2 nitrogen and oxygen atoms in total. The minimum atomic E-state index is -0.177. The molecule has 0 amide bonds. The van der Waals surface area contributed by atoms with Crippen molar-refractivity contribution in [2.45, 2.75) is 32.2 Å². The fraction of sp³-hybridized carbons (Fsp3) is 0.571. The van der Waals surface area contributed by atoms with E-state index in [0.717, 1.165) is 38.0 Å². The number of halogens is 1. The summed E-state index contributed by atoms with van der Waals surface area (Å²) < 4.78 is 17.8. The van der Waals surface area contributed by atoms with Gasteiger partial charge in [-0.3, -0.25) is 0 Å². The van der Waals surface area contributed by atoms with E-state index in [-0.39, 0.29) is 5.82 Å². The Hall–Kier alpha value is -0.930. The highest BCUT2D eigenvalue weighted by molar-refractivity contribution is 5.19. The zero-order chi connectivity index (χ0) is 12.5. The Labute approximate surface area is 103 Å². The summed E-state index contributed by atoms with van der Waals surface area (Å²) in [4.78, 5) is 0. The van der Waals surface area contributed by atoms with Crippen LogP contribution in [0.4, 0.5) is 4.39 Å². The van der Waals surface area contributed by atoms with Crippen LogP contribution in [0.1, 0.15) is 37.8 Å². The van der Waals surface area contributed by atoms with Gasteiger partial charge in [0.05, 0.1) is 0 Å². The van der Waals surface area contributed by atoms with Crippen molar-refractivity contribution in [3.63, 3.8) is 0 Å². The van der Waals surface area contributed by atoms with Crippen molar-refractivity contribution in [1.29, 1.82) is 0 Å². The van der Waals surface area contributed by atoms with Gasteiger partial charge in [0.2, 0.25) is 0 Å². The van der Waals surface area contributed by atoms with Crippen LogP contribution in [0.3, 0.4) is 0 Å². The molecule has 0 bridgehead atoms. The Kier molecular flexibility index (Phi) is 6.82. The van der Waals surface area contributed by atoms with E-state index < -0.39 is 0 Å². The average molecular weight is 239 g/mol. The average Bonchev–Trinajstić information content (AvgIpc) is 2.35. The second kappa shape index (κ2) is 8.20. The summed E-state index contributed by atoms with van der Waals surface area (Å²) in [5.41, 5.74) is 1.15. The molecular formula is C14H22FNO. The molecule has 96 valence electrons. The molecule has 0 radical (unpaired) electrons. The number of unbranched alkanes of at least 4 members (excludes halogenated alkanes) is 1. The fourth-order valence-electron chi connectivity index (χ4n) is 1.84. The standard InChI is InChI=1S/C14H22FNO/c1-3-14(16-10-4-5-11-17-2)12-6-8-13(15)9-7-12/h6-9,14,16H,3-5,10-11H2,1-2H3. The minimum Gasteiger partial charge on any atom is -0.385 e. The van der Waals surface area contributed by atoms with Crippen molar-refractivity contribution in [2.75, 3.05) is 20.3 Å². The summed E-state index contributed by atoms with van der Waals surface area (Å²) in [7, 11) is 1.72. The molecule has 1 aromatic rings. The maximum absolute atomic E-state index is 12.8. The molecule has 1 aromatic carbocycles. The van der Waals surface area contributed by atoms with Crippen molar-refractivity contribution in [2.24, 2.45) is 0 Å². The van der Waals surface area contributed by atoms with Crippen LogP contribution >= 0.6 is 0 Å². The van der Waals surface area contributed by atoms with E-state index in [1.165, 1.54) is 12.1 Å². The number of ether oxygens (including phenoxy) is 1. The summed E-state index contributed by atoms with van der Waals surface area (Å²) >= 11 is 0. The highest BCUT2D eigenvalue weighted by Crippen LogP contribution is 2.16. The van der Waals surface area contributed by atoms with Crippen LogP contribution in [0, 0.1) is 5.82 Å². The van der Waals surface area contributed by atoms with Crippen molar-refractivity contribution < 1.29 is 9.13 Å². The normalized spacial score (nSPS) is 12.6. The molecule has 0 fully saturated rings. The molecule has 0 saturated heterocycles. The molecule has 3 heteroatoms. The second-order valence-corrected chi connectivity index (χ2v) is 4.17. The molecule has 0 aliphatic carbocycles. The smallest absolute Gasteiger partial charge is 0.123 e. The molecule has 1 rings (SSSR count). The first-order valence-electron chi connectivity index (χ1n) is 6.25. The Morgan fingerprint density at radius 1 is 1.24 bits per heavy atom. The molecule has 1 unspecified atom stereocenters. The number of hydrogen-bond donors (Lipinski definition) is 1. The molecule has 0 spiro atoms. The number of hydrogen-bond acceptors (Lipinski definition) is 2. The maximum Gasteiger partial charge on any atom is 0.123 e. The zero-order valence-corrected chi connectivity index (χ0v) is 10.7. The minimum absolute atomic E-state index is 0.177. The third kappa shape index (κ3) is 5.29. The summed E-state index contributed by atoms with van der Waals surface area (Å²) in [6.45, 7) is 3.92. The maximum atomic E-state index is 12.8. The SMILES string of the molecule is CCC(NCCCCOC)c1ccc(F)cc1. The molecular weight excluding hydrogens is 217 g/mol. The predicted molar refractivity (Wildman–Crippen MR) is 68.5 cm³/mol. The molecule has 0 aliphatic rings. The number of nitrogens with one attached hydrogen (secondary N) is 1. The van der Waals surface area contributed by atoms with E-state index in [1.54, 1.807) is 7.11 Å². The quantitative estimate of drug-likeness (QED) is 0.703. The van der Waals surface area contributed by atoms with Crippen molar-refractivity contribution in [1.82, 2.24) is 5.32 Å². The van der Waals surface area contributed by atoms with Gasteiger partial charge in [0.1, 0.15) is 5.82 Å². The molecule has 17 heavy (non-hydrogen) atoms. The van der Waals surface area contributed by atoms with E-state index in [2.05, 4.69) is 12.2 Å². The van der Waals surface area contributed by atoms with Crippen LogP contribution < -0.4 is 5.32 Å². The van der Waals surface area contributed by atoms with E-state index in [1.807, 2.05) is 12.1 Å². The predicted octanol–water partition coefficient (Wildman–Crippen LogP) is 3.29. The first kappa shape index (κ1) is 14.1. The van der Waals surface area contributed by atoms with E-state index >= 15 is 0 Å². The van der Waals surface area contributed by atoms with Gasteiger partial charge in [0.15, 0.2) is 0 Å². The van der Waals surface area contributed by atoms with Gasteiger partial charge >= 0.3 is 0 Å². The molecule has 0 heterocycles. The largest absolute Gasteiger partial charge is 0.385 e. The Balaban J connectivity index is 2.35. The third-order valence-electron chi connectivity index (χ3n) is 2.85. The van der Waals surface area contributed by atoms with Gasteiger partial charge in [-0.05, 0) is 43.5 Å². The summed E-state index contributed by atoms with van der Waals surface area (Å²) in [6.07, 6.45) is 3.19. The third-order valence-corrected chi connectivity index (χ3v) is 2.85. The van der Waals surface area contributed by atoms with Crippen LogP contribution in [-0.4, -0.2) is 20.3 Å². The van der Waals surface area contributed by atoms with Crippen molar-refractivity contribution >= 4 is 0 Å². The lowest BCUT2D eigenvalue weighted by molar-refractivity contribution is 0.192. The van der Waals surface area contributed by atoms with Gasteiger partial charge in [0.25, 0.3) is 0 Å². The number of rotatable bonds is 8. The summed E-state index contributed by atoms with van der Waals surface area (Å²) in [6, 6.07) is 7.06. The summed E-state index contributed by atoms with van der Waals surface area (Å²) in [5.74, 6) is -0.177. The lowest BCUT2D eigenvalue weighted by atomic mass is 10.0. The van der Waals surface area contributed by atoms with E-state index in [0.29, 0.717) is 6.04 Å². The zero-order valence-electron chi connectivity index (χ0n) is 10.7. The second-order valence-electron chi connectivity index (χ2n) is 4.17. The molecule has 0 saturated carbocycles. The van der Waals surface area contributed by atoms with Gasteiger partial charge in [0, 0.05) is 19.8 Å². The number of methoxy groups -OCH3 is 1. The van der Waals surface area contributed by atoms with Crippen molar-refractivity contribution in [3.8, 4) is 0 Å². The van der Waals surface area contributed by atoms with Gasteiger partial charge < -0.3 is 10.1 Å². The molecule has 1 atom stereocenters. The monoisotopic (exact) mass is 239 g/mol. The molecule has 0 aliphatic heterocycles. The topological polar surface area (TPSA) is 21.3 Å². The van der Waals surface area contributed by atoms with Gasteiger partial charge in [-0.1, -0.05) is 19.1 Å². The highest BCUT2D eigenvalue weighted by Gasteiger charge is 2.07. The first-order valence-corrected chi connectivity index (χ1v) is 6.25. The van der Waals surface area contributed by atoms with Crippen LogP contribution in [0.15, 0.2) is 24.3 Å². The van der Waals surface area contributed by atoms with Gasteiger partial charge in [-0.2, -0.15) is 0 Å². The fourth-order valence-corrected chi connectivity index (χ4v) is 1.84. The number of benzene rings is 1. The Morgan fingerprint density at radius 3 is 2.53 bits per heavy atom. The summed E-state index contributed by atoms with van der Waals surface area (Å²) in [5, 5.41) is 3.49. The Morgan fingerprint density at radius 2 is 1.94 bits per heavy atom. The lowest BCUT2D eigenvalue weighted by Crippen LogP contribution is -2.22. The van der Waals surface area contributed by atoms with Crippen LogP contribution in [-0.2, 0) is 4.74 Å². The van der Waals surface area contributed by atoms with Crippen LogP contribution in [0.25, 0.3) is 0 Å².